The number of benzene rings is 1. The summed E-state index contributed by atoms with van der Waals surface area (Å²) in [6.45, 7) is 10.5. The fourth-order valence-corrected chi connectivity index (χ4v) is 1.81. The molecule has 0 fully saturated rings. The maximum absolute atomic E-state index is 10.0. The molecule has 3 nitrogen and oxygen atoms in total. The molecule has 0 aliphatic heterocycles. The summed E-state index contributed by atoms with van der Waals surface area (Å²) in [7, 11) is 1.81. The first kappa shape index (κ1) is 22.7. The number of Topliss-reactive ketones (excluding diaryl/α,β-unsaturated/α-hetero) is 1. The van der Waals surface area contributed by atoms with Crippen LogP contribution in [0.15, 0.2) is 36.4 Å². The standard InChI is InChI=1S/C8H7NS.C5H8O.C3H7NS.CH4/c1-6-9-7-4-2-3-5-8(7)10-6;1-4(2)5(3)6;1-3(5)4-2;/h2-5H,1H3;1H2,2-3H3;1-2H3,(H,4,5);1H4. The Bertz CT molecular complexity index is 573. The van der Waals surface area contributed by atoms with E-state index in [9.17, 15) is 4.79 Å². The first-order chi connectivity index (χ1) is 9.77. The van der Waals surface area contributed by atoms with E-state index >= 15 is 0 Å². The molecule has 1 aromatic carbocycles. The number of aryl methyl sites for hydroxylation is 1. The number of hydrogen-bond acceptors (Lipinski definition) is 4. The quantitative estimate of drug-likeness (QED) is 0.590. The predicted octanol–water partition coefficient (Wildman–Crippen LogP) is 4.95. The van der Waals surface area contributed by atoms with Crippen molar-refractivity contribution in [2.45, 2.75) is 35.1 Å². The smallest absolute Gasteiger partial charge is 0.154 e. The summed E-state index contributed by atoms with van der Waals surface area (Å²) in [5.41, 5.74) is 1.74. The SMILES string of the molecule is C.C=C(C)C(C)=O.CNC(C)=S.Cc1nc2ccccc2s1. The van der Waals surface area contributed by atoms with Crippen molar-refractivity contribution in [2.75, 3.05) is 7.05 Å². The van der Waals surface area contributed by atoms with Crippen LogP contribution >= 0.6 is 23.6 Å². The molecule has 0 aliphatic carbocycles. The van der Waals surface area contributed by atoms with Crippen molar-refractivity contribution in [2.24, 2.45) is 0 Å². The van der Waals surface area contributed by atoms with Gasteiger partial charge < -0.3 is 5.32 Å². The molecule has 0 unspecified atom stereocenters. The Balaban J connectivity index is 0. The average Bonchev–Trinajstić information content (AvgIpc) is 2.79. The number of nitrogens with one attached hydrogen (secondary N) is 1. The minimum atomic E-state index is 0. The third kappa shape index (κ3) is 10.2. The number of thiocarbonyl (C=S) groups is 1. The number of carbonyl (C=O) groups is 1. The number of fused-ring (bicyclic) bond motifs is 1. The molecule has 122 valence electrons. The van der Waals surface area contributed by atoms with Crippen LogP contribution in [-0.4, -0.2) is 22.8 Å². The lowest BCUT2D eigenvalue weighted by Gasteiger charge is -1.84. The molecule has 1 heterocycles. The molecule has 2 aromatic rings. The van der Waals surface area contributed by atoms with Crippen LogP contribution in [0.1, 0.15) is 33.2 Å². The van der Waals surface area contributed by atoms with Crippen molar-refractivity contribution in [1.82, 2.24) is 10.3 Å². The second kappa shape index (κ2) is 12.0. The molecular weight excluding hydrogens is 312 g/mol. The molecule has 0 aliphatic rings. The second-order valence-electron chi connectivity index (χ2n) is 4.34. The monoisotopic (exact) mass is 338 g/mol. The zero-order valence-corrected chi connectivity index (χ0v) is 14.8. The lowest BCUT2D eigenvalue weighted by molar-refractivity contribution is -0.113. The van der Waals surface area contributed by atoms with E-state index in [1.165, 1.54) is 11.6 Å². The van der Waals surface area contributed by atoms with Gasteiger partial charge in [0.1, 0.15) is 0 Å². The van der Waals surface area contributed by atoms with Gasteiger partial charge in [0.2, 0.25) is 0 Å². The van der Waals surface area contributed by atoms with Crippen LogP contribution in [0.2, 0.25) is 0 Å². The topological polar surface area (TPSA) is 42.0 Å². The van der Waals surface area contributed by atoms with Crippen LogP contribution in [0.5, 0.6) is 0 Å². The molecule has 0 saturated heterocycles. The zero-order valence-electron chi connectivity index (χ0n) is 13.2. The maximum atomic E-state index is 10.0. The molecule has 1 aromatic heterocycles. The van der Waals surface area contributed by atoms with Gasteiger partial charge in [0.25, 0.3) is 0 Å². The van der Waals surface area contributed by atoms with Crippen LogP contribution in [0.25, 0.3) is 10.2 Å². The van der Waals surface area contributed by atoms with Gasteiger partial charge in [0.05, 0.1) is 20.2 Å². The fourth-order valence-electron chi connectivity index (χ4n) is 0.987. The second-order valence-corrected chi connectivity index (χ2v) is 6.19. The van der Waals surface area contributed by atoms with Crippen LogP contribution in [0, 0.1) is 6.92 Å². The zero-order chi connectivity index (χ0) is 16.4. The molecule has 5 heteroatoms. The van der Waals surface area contributed by atoms with Crippen LogP contribution in [-0.2, 0) is 4.79 Å². The highest BCUT2D eigenvalue weighted by Crippen LogP contribution is 2.19. The van der Waals surface area contributed by atoms with Crippen molar-refractivity contribution < 1.29 is 4.79 Å². The number of allylic oxidation sites excluding steroid dienone is 1. The van der Waals surface area contributed by atoms with Crippen LogP contribution in [0.4, 0.5) is 0 Å². The maximum Gasteiger partial charge on any atom is 0.154 e. The number of hydrogen-bond donors (Lipinski definition) is 1. The van der Waals surface area contributed by atoms with Crippen LogP contribution < -0.4 is 5.32 Å². The first-order valence-electron chi connectivity index (χ1n) is 6.44. The summed E-state index contributed by atoms with van der Waals surface area (Å²) in [6.07, 6.45) is 0. The van der Waals surface area contributed by atoms with E-state index in [-0.39, 0.29) is 13.2 Å². The predicted molar refractivity (Wildman–Crippen MR) is 104 cm³/mol. The molecular formula is C17H26N2OS2. The minimum absolute atomic E-state index is 0. The van der Waals surface area contributed by atoms with Gasteiger partial charge in [-0.3, -0.25) is 4.79 Å². The molecule has 0 amide bonds. The number of para-hydroxylation sites is 1. The van der Waals surface area contributed by atoms with E-state index in [1.807, 2.05) is 39.1 Å². The molecule has 0 spiro atoms. The summed E-state index contributed by atoms with van der Waals surface area (Å²) in [4.78, 5) is 15.2. The summed E-state index contributed by atoms with van der Waals surface area (Å²) in [6, 6.07) is 8.19. The first-order valence-corrected chi connectivity index (χ1v) is 7.67. The van der Waals surface area contributed by atoms with E-state index in [2.05, 4.69) is 35.2 Å². The van der Waals surface area contributed by atoms with Crippen molar-refractivity contribution >= 4 is 44.5 Å². The molecule has 0 bridgehead atoms. The summed E-state index contributed by atoms with van der Waals surface area (Å²) in [5.74, 6) is 0.0648. The lowest BCUT2D eigenvalue weighted by atomic mass is 10.3. The van der Waals surface area contributed by atoms with Gasteiger partial charge in [0, 0.05) is 7.05 Å². The van der Waals surface area contributed by atoms with Gasteiger partial charge in [-0.1, -0.05) is 38.4 Å². The van der Waals surface area contributed by atoms with Gasteiger partial charge in [-0.25, -0.2) is 4.98 Å². The highest BCUT2D eigenvalue weighted by molar-refractivity contribution is 7.80. The Hall–Kier alpha value is -1.59. The Kier molecular flexibility index (Phi) is 12.4. The number of rotatable bonds is 1. The number of aromatic nitrogens is 1. The highest BCUT2D eigenvalue weighted by Gasteiger charge is 1.95. The Morgan fingerprint density at radius 2 is 1.73 bits per heavy atom. The molecule has 0 radical (unpaired) electrons. The number of carbonyl (C=O) groups excluding carboxylic acids is 1. The number of ketones is 1. The fraction of sp³-hybridized carbons (Fsp3) is 0.353. The molecule has 2 rings (SSSR count). The molecule has 0 saturated carbocycles. The van der Waals surface area contributed by atoms with E-state index < -0.39 is 0 Å². The molecule has 22 heavy (non-hydrogen) atoms. The van der Waals surface area contributed by atoms with E-state index in [4.69, 9.17) is 0 Å². The van der Waals surface area contributed by atoms with Gasteiger partial charge in [-0.2, -0.15) is 0 Å². The normalized spacial score (nSPS) is 8.41. The van der Waals surface area contributed by atoms with Gasteiger partial charge in [-0.05, 0) is 45.4 Å². The lowest BCUT2D eigenvalue weighted by Crippen LogP contribution is -2.09. The molecule has 1 N–H and O–H groups in total. The largest absolute Gasteiger partial charge is 0.383 e. The Morgan fingerprint density at radius 1 is 1.27 bits per heavy atom. The third-order valence-corrected chi connectivity index (χ3v) is 3.51. The third-order valence-electron chi connectivity index (χ3n) is 2.35. The van der Waals surface area contributed by atoms with Gasteiger partial charge >= 0.3 is 0 Å². The minimum Gasteiger partial charge on any atom is -0.383 e. The van der Waals surface area contributed by atoms with E-state index in [0.717, 1.165) is 15.5 Å². The van der Waals surface area contributed by atoms with Gasteiger partial charge in [0.15, 0.2) is 5.78 Å². The van der Waals surface area contributed by atoms with Crippen molar-refractivity contribution in [3.05, 3.63) is 41.4 Å². The average molecular weight is 339 g/mol. The Labute approximate surface area is 143 Å². The highest BCUT2D eigenvalue weighted by atomic mass is 32.1. The van der Waals surface area contributed by atoms with Crippen molar-refractivity contribution in [3.63, 3.8) is 0 Å². The summed E-state index contributed by atoms with van der Waals surface area (Å²) in [5, 5.41) is 3.90. The number of nitrogens with zero attached hydrogens (tertiary/aromatic N) is 1. The Morgan fingerprint density at radius 3 is 2.09 bits per heavy atom. The van der Waals surface area contributed by atoms with Gasteiger partial charge in [-0.15, -0.1) is 11.3 Å². The number of thiazole rings is 1. The van der Waals surface area contributed by atoms with Crippen molar-refractivity contribution in [1.29, 1.82) is 0 Å². The van der Waals surface area contributed by atoms with Crippen LogP contribution in [0.3, 0.4) is 0 Å². The van der Waals surface area contributed by atoms with Crippen molar-refractivity contribution in [3.8, 4) is 0 Å². The molecule has 0 atom stereocenters. The van der Waals surface area contributed by atoms with E-state index in [1.54, 1.807) is 18.3 Å². The van der Waals surface area contributed by atoms with E-state index in [0.29, 0.717) is 5.57 Å². The summed E-state index contributed by atoms with van der Waals surface area (Å²) < 4.78 is 1.28. The summed E-state index contributed by atoms with van der Waals surface area (Å²) >= 11 is 6.33.